The third-order valence-electron chi connectivity index (χ3n) is 6.80. The molecule has 0 amide bonds. The molecule has 2 heterocycles. The molecule has 6 aromatic rings. The number of rotatable bonds is 9. The van der Waals surface area contributed by atoms with Gasteiger partial charge in [-0.15, -0.1) is 21.6 Å². The van der Waals surface area contributed by atoms with Gasteiger partial charge in [-0.2, -0.15) is 4.68 Å². The SMILES string of the molecule is COc1ccc(-c2csc(-n3[nH]c(-c4ccc([N+](=O)[O-])cc4)c(N=Nc4ccc(Cl)cc4C(=O)c4ccccc4)c3=O)n2)cc1. The van der Waals surface area contributed by atoms with Gasteiger partial charge < -0.3 is 4.74 Å². The highest BCUT2D eigenvalue weighted by Crippen LogP contribution is 2.33. The van der Waals surface area contributed by atoms with Gasteiger partial charge in [-0.25, -0.2) is 4.98 Å². The largest absolute Gasteiger partial charge is 0.497 e. The molecule has 0 aliphatic rings. The Kier molecular flexibility index (Phi) is 8.14. The molecule has 2 aromatic heterocycles. The van der Waals surface area contributed by atoms with Gasteiger partial charge in [0, 0.05) is 39.2 Å². The molecule has 0 aliphatic heterocycles. The number of hydrogen-bond donors (Lipinski definition) is 1. The number of methoxy groups -OCH3 is 1. The van der Waals surface area contributed by atoms with Gasteiger partial charge in [0.15, 0.2) is 11.5 Å². The van der Waals surface area contributed by atoms with E-state index in [1.807, 2.05) is 29.6 Å². The summed E-state index contributed by atoms with van der Waals surface area (Å²) in [7, 11) is 1.58. The highest BCUT2D eigenvalue weighted by Gasteiger charge is 2.21. The van der Waals surface area contributed by atoms with Crippen LogP contribution in [0.5, 0.6) is 5.75 Å². The number of nitrogens with zero attached hydrogens (tertiary/aromatic N) is 5. The first-order chi connectivity index (χ1) is 21.8. The molecule has 0 radical (unpaired) electrons. The molecule has 11 nitrogen and oxygen atoms in total. The zero-order chi connectivity index (χ0) is 31.5. The lowest BCUT2D eigenvalue weighted by molar-refractivity contribution is -0.384. The fourth-order valence-electron chi connectivity index (χ4n) is 4.49. The van der Waals surface area contributed by atoms with Gasteiger partial charge in [0.1, 0.15) is 5.75 Å². The number of halogens is 1. The van der Waals surface area contributed by atoms with Crippen molar-refractivity contribution in [2.45, 2.75) is 0 Å². The van der Waals surface area contributed by atoms with Crippen molar-refractivity contribution in [3.8, 4) is 33.4 Å². The van der Waals surface area contributed by atoms with E-state index < -0.39 is 10.5 Å². The maximum absolute atomic E-state index is 13.8. The van der Waals surface area contributed by atoms with E-state index in [0.717, 1.165) is 5.56 Å². The number of nitro groups is 1. The predicted molar refractivity (Wildman–Crippen MR) is 172 cm³/mol. The van der Waals surface area contributed by atoms with Gasteiger partial charge in [0.2, 0.25) is 5.13 Å². The molecule has 0 spiro atoms. The maximum atomic E-state index is 13.8. The third kappa shape index (κ3) is 6.05. The van der Waals surface area contributed by atoms with Crippen LogP contribution in [-0.4, -0.2) is 32.6 Å². The number of nitrogens with one attached hydrogen (secondary N) is 1. The number of nitro benzene ring substituents is 1. The van der Waals surface area contributed by atoms with Gasteiger partial charge in [-0.1, -0.05) is 41.9 Å². The Hall–Kier alpha value is -5.72. The summed E-state index contributed by atoms with van der Waals surface area (Å²) in [5, 5.41) is 25.4. The molecule has 222 valence electrons. The van der Waals surface area contributed by atoms with Crippen molar-refractivity contribution in [2.75, 3.05) is 7.11 Å². The van der Waals surface area contributed by atoms with Crippen molar-refractivity contribution < 1.29 is 14.5 Å². The summed E-state index contributed by atoms with van der Waals surface area (Å²) in [5.41, 5.74) is 2.25. The van der Waals surface area contributed by atoms with Crippen LogP contribution < -0.4 is 10.3 Å². The van der Waals surface area contributed by atoms with E-state index in [1.165, 1.54) is 46.4 Å². The van der Waals surface area contributed by atoms with Crippen molar-refractivity contribution in [2.24, 2.45) is 10.2 Å². The van der Waals surface area contributed by atoms with Crippen molar-refractivity contribution in [3.63, 3.8) is 0 Å². The van der Waals surface area contributed by atoms with E-state index >= 15 is 0 Å². The van der Waals surface area contributed by atoms with Gasteiger partial charge >= 0.3 is 5.56 Å². The highest BCUT2D eigenvalue weighted by molar-refractivity contribution is 7.12. The van der Waals surface area contributed by atoms with Crippen LogP contribution in [0.2, 0.25) is 5.02 Å². The van der Waals surface area contributed by atoms with Crippen LogP contribution >= 0.6 is 22.9 Å². The minimum atomic E-state index is -0.562. The van der Waals surface area contributed by atoms with Gasteiger partial charge in [-0.3, -0.25) is 24.8 Å². The van der Waals surface area contributed by atoms with Crippen molar-refractivity contribution in [1.82, 2.24) is 14.8 Å². The number of thiazole rings is 1. The number of aromatic nitrogens is 3. The summed E-state index contributed by atoms with van der Waals surface area (Å²) < 4.78 is 6.46. The van der Waals surface area contributed by atoms with Gasteiger partial charge in [-0.05, 0) is 54.6 Å². The summed E-state index contributed by atoms with van der Waals surface area (Å²) in [6, 6.07) is 26.3. The van der Waals surface area contributed by atoms with Crippen LogP contribution in [0.4, 0.5) is 17.1 Å². The second-order valence-electron chi connectivity index (χ2n) is 9.58. The summed E-state index contributed by atoms with van der Waals surface area (Å²) in [6.45, 7) is 0. The quantitative estimate of drug-likeness (QED) is 0.0733. The molecule has 1 N–H and O–H groups in total. The van der Waals surface area contributed by atoms with E-state index in [9.17, 15) is 19.7 Å². The molecule has 0 fully saturated rings. The number of ether oxygens (including phenoxy) is 1. The Morgan fingerprint density at radius 2 is 1.69 bits per heavy atom. The number of H-pyrrole nitrogens is 1. The zero-order valence-electron chi connectivity index (χ0n) is 23.4. The molecule has 45 heavy (non-hydrogen) atoms. The number of hydrogen-bond acceptors (Lipinski definition) is 9. The summed E-state index contributed by atoms with van der Waals surface area (Å²) >= 11 is 7.45. The Morgan fingerprint density at radius 1 is 0.978 bits per heavy atom. The number of carbonyl (C=O) groups excluding carboxylic acids is 1. The summed E-state index contributed by atoms with van der Waals surface area (Å²) in [5.74, 6) is 0.384. The average Bonchev–Trinajstić information content (AvgIpc) is 3.69. The first-order valence-corrected chi connectivity index (χ1v) is 14.6. The number of carbonyl (C=O) groups is 1. The fourth-order valence-corrected chi connectivity index (χ4v) is 5.46. The zero-order valence-corrected chi connectivity index (χ0v) is 25.0. The molecule has 0 atom stereocenters. The Bertz CT molecular complexity index is 2120. The number of aromatic amines is 1. The summed E-state index contributed by atoms with van der Waals surface area (Å²) in [6.07, 6.45) is 0. The Balaban J connectivity index is 1.44. The first kappa shape index (κ1) is 29.4. The molecule has 0 aliphatic carbocycles. The lowest BCUT2D eigenvalue weighted by Gasteiger charge is -2.05. The van der Waals surface area contributed by atoms with E-state index in [2.05, 4.69) is 20.3 Å². The van der Waals surface area contributed by atoms with Crippen LogP contribution in [0.3, 0.4) is 0 Å². The molecule has 0 saturated carbocycles. The second-order valence-corrected chi connectivity index (χ2v) is 10.9. The summed E-state index contributed by atoms with van der Waals surface area (Å²) in [4.78, 5) is 42.5. The molecule has 0 bridgehead atoms. The monoisotopic (exact) mass is 636 g/mol. The number of benzene rings is 4. The average molecular weight is 637 g/mol. The Labute approximate surface area is 264 Å². The molecule has 6 rings (SSSR count). The maximum Gasteiger partial charge on any atom is 0.301 e. The van der Waals surface area contributed by atoms with Gasteiger partial charge in [0.25, 0.3) is 5.69 Å². The second kappa shape index (κ2) is 12.5. The van der Waals surface area contributed by atoms with E-state index in [4.69, 9.17) is 16.3 Å². The number of azo groups is 1. The Morgan fingerprint density at radius 3 is 2.38 bits per heavy atom. The molecular formula is C32H21ClN6O5S. The van der Waals surface area contributed by atoms with Crippen molar-refractivity contribution in [1.29, 1.82) is 0 Å². The highest BCUT2D eigenvalue weighted by atomic mass is 35.5. The minimum absolute atomic E-state index is 0.0851. The molecular weight excluding hydrogens is 616 g/mol. The predicted octanol–water partition coefficient (Wildman–Crippen LogP) is 8.17. The van der Waals surface area contributed by atoms with E-state index in [-0.39, 0.29) is 34.1 Å². The lowest BCUT2D eigenvalue weighted by atomic mass is 10.0. The van der Waals surface area contributed by atoms with Crippen LogP contribution in [0, 0.1) is 10.1 Å². The van der Waals surface area contributed by atoms with E-state index in [0.29, 0.717) is 32.7 Å². The fraction of sp³-hybridized carbons (Fsp3) is 0.0312. The normalized spacial score (nSPS) is 11.2. The number of ketones is 1. The molecule has 4 aromatic carbocycles. The van der Waals surface area contributed by atoms with E-state index in [1.54, 1.807) is 49.6 Å². The molecule has 0 unspecified atom stereocenters. The molecule has 13 heteroatoms. The third-order valence-corrected chi connectivity index (χ3v) is 7.86. The standard InChI is InChI=1S/C32H21ClN6O5S/c1-44-24-14-9-19(10-15-24)27-18-45-32(34-27)38-31(41)29(28(37-38)20-7-12-23(13-8-20)39(42)43)36-35-26-16-11-22(33)17-25(26)30(40)21-5-3-2-4-6-21/h2-18,37H,1H3. The molecule has 0 saturated heterocycles. The van der Waals surface area contributed by atoms with Crippen LogP contribution in [0.1, 0.15) is 15.9 Å². The van der Waals surface area contributed by atoms with Crippen LogP contribution in [0.15, 0.2) is 117 Å². The van der Waals surface area contributed by atoms with Crippen LogP contribution in [0.25, 0.3) is 27.6 Å². The van der Waals surface area contributed by atoms with Crippen molar-refractivity contribution in [3.05, 3.63) is 139 Å². The minimum Gasteiger partial charge on any atom is -0.497 e. The number of non-ortho nitro benzene ring substituents is 1. The van der Waals surface area contributed by atoms with Gasteiger partial charge in [0.05, 0.1) is 34.7 Å². The van der Waals surface area contributed by atoms with Crippen LogP contribution in [-0.2, 0) is 0 Å². The van der Waals surface area contributed by atoms with Crippen molar-refractivity contribution >= 4 is 45.8 Å². The first-order valence-electron chi connectivity index (χ1n) is 13.3. The smallest absolute Gasteiger partial charge is 0.301 e. The topological polar surface area (TPSA) is 145 Å². The lowest BCUT2D eigenvalue weighted by Crippen LogP contribution is -2.13.